The molecule has 1 aliphatic carbocycles. The van der Waals surface area contributed by atoms with E-state index in [0.717, 1.165) is 0 Å². The molecule has 12 nitrogen and oxygen atoms in total. The zero-order chi connectivity index (χ0) is 23.2. The third kappa shape index (κ3) is 4.13. The summed E-state index contributed by atoms with van der Waals surface area (Å²) in [5.41, 5.74) is 6.16. The van der Waals surface area contributed by atoms with E-state index < -0.39 is 54.6 Å². The fourth-order valence-electron chi connectivity index (χ4n) is 4.83. The maximum atomic E-state index is 12.7. The predicted octanol–water partition coefficient (Wildman–Crippen LogP) is -2.73. The monoisotopic (exact) mass is 473 g/mol. The highest BCUT2D eigenvalue weighted by atomic mass is 32.1. The number of nitrogens with zero attached hydrogens (tertiary/aromatic N) is 1. The topological polar surface area (TPSA) is 180 Å². The summed E-state index contributed by atoms with van der Waals surface area (Å²) in [5.74, 6) is -2.39. The fourth-order valence-corrected chi connectivity index (χ4v) is 5.39. The Morgan fingerprint density at radius 1 is 1.25 bits per heavy atom. The summed E-state index contributed by atoms with van der Waals surface area (Å²) in [5, 5.41) is 43.8. The highest BCUT2D eigenvalue weighted by molar-refractivity contribution is 7.13. The number of thiazole rings is 1. The van der Waals surface area contributed by atoms with E-state index >= 15 is 0 Å². The lowest BCUT2D eigenvalue weighted by molar-refractivity contribution is -0.449. The molecule has 3 fully saturated rings. The number of likely N-dealkylation sites (N-methyl/N-ethyl adjacent to an activating group) is 2. The van der Waals surface area contributed by atoms with Gasteiger partial charge in [-0.1, -0.05) is 0 Å². The number of rotatable bonds is 5. The number of hydrogen-bond acceptors (Lipinski definition) is 12. The normalized spacial score (nSPS) is 43.9. The molecule has 180 valence electrons. The van der Waals surface area contributed by atoms with Crippen LogP contribution in [0.4, 0.5) is 5.13 Å². The van der Waals surface area contributed by atoms with Gasteiger partial charge in [0, 0.05) is 5.38 Å². The van der Waals surface area contributed by atoms with Crippen LogP contribution in [0.15, 0.2) is 5.38 Å². The number of carbonyl (C=O) groups excluding carboxylic acids is 1. The maximum absolute atomic E-state index is 12.7. The van der Waals surface area contributed by atoms with Crippen molar-refractivity contribution in [2.24, 2.45) is 0 Å². The predicted molar refractivity (Wildman–Crippen MR) is 114 cm³/mol. The van der Waals surface area contributed by atoms with Crippen molar-refractivity contribution in [3.63, 3.8) is 0 Å². The number of amides is 1. The van der Waals surface area contributed by atoms with E-state index in [9.17, 15) is 20.1 Å². The van der Waals surface area contributed by atoms with Crippen LogP contribution in [0.3, 0.4) is 0 Å². The molecule has 32 heavy (non-hydrogen) atoms. The Balaban J connectivity index is 1.56. The Morgan fingerprint density at radius 2 is 1.97 bits per heavy atom. The minimum atomic E-state index is -2.02. The first-order chi connectivity index (χ1) is 15.2. The van der Waals surface area contributed by atoms with Crippen molar-refractivity contribution in [3.05, 3.63) is 11.1 Å². The average molecular weight is 474 g/mol. The molecule has 3 unspecified atom stereocenters. The summed E-state index contributed by atoms with van der Waals surface area (Å²) in [7, 11) is 3.28. The molecule has 0 aromatic carbocycles. The molecule has 10 atom stereocenters. The molecular weight excluding hydrogens is 442 g/mol. The van der Waals surface area contributed by atoms with Gasteiger partial charge in [-0.25, -0.2) is 4.98 Å². The van der Waals surface area contributed by atoms with Gasteiger partial charge >= 0.3 is 0 Å². The van der Waals surface area contributed by atoms with Crippen LogP contribution < -0.4 is 21.7 Å². The first-order valence-corrected chi connectivity index (χ1v) is 11.5. The van der Waals surface area contributed by atoms with Crippen LogP contribution in [0, 0.1) is 0 Å². The lowest BCUT2D eigenvalue weighted by atomic mass is 9.79. The average Bonchev–Trinajstić information content (AvgIpc) is 3.13. The molecule has 1 saturated carbocycles. The van der Waals surface area contributed by atoms with E-state index in [1.165, 1.54) is 11.3 Å². The number of aromatic nitrogens is 1. The zero-order valence-electron chi connectivity index (χ0n) is 18.1. The zero-order valence-corrected chi connectivity index (χ0v) is 18.9. The Morgan fingerprint density at radius 3 is 2.59 bits per heavy atom. The second-order valence-corrected chi connectivity index (χ2v) is 9.42. The van der Waals surface area contributed by atoms with E-state index in [-0.39, 0.29) is 24.9 Å². The summed E-state index contributed by atoms with van der Waals surface area (Å²) in [6.45, 7) is 1.79. The molecule has 3 heterocycles. The minimum absolute atomic E-state index is 0.00643. The van der Waals surface area contributed by atoms with Crippen LogP contribution in [0.1, 0.15) is 19.0 Å². The Kier molecular flexibility index (Phi) is 6.73. The van der Waals surface area contributed by atoms with Gasteiger partial charge in [-0.05, 0) is 27.4 Å². The van der Waals surface area contributed by atoms with Crippen molar-refractivity contribution in [2.45, 2.75) is 80.5 Å². The number of fused-ring (bicyclic) bond motifs is 2. The number of anilines is 1. The Bertz CT molecular complexity index is 830. The van der Waals surface area contributed by atoms with Gasteiger partial charge in [0.1, 0.15) is 18.3 Å². The lowest BCUT2D eigenvalue weighted by Gasteiger charge is -2.58. The van der Waals surface area contributed by atoms with Gasteiger partial charge in [-0.3, -0.25) is 4.79 Å². The molecule has 0 spiro atoms. The van der Waals surface area contributed by atoms with Gasteiger partial charge in [-0.15, -0.1) is 11.3 Å². The number of hydrogen-bond donors (Lipinski definition) is 7. The summed E-state index contributed by atoms with van der Waals surface area (Å²) in [6.07, 6.45) is -5.24. The molecule has 1 amide bonds. The van der Waals surface area contributed by atoms with Gasteiger partial charge in [0.25, 0.3) is 0 Å². The molecule has 1 aromatic heterocycles. The smallest absolute Gasteiger partial charge is 0.239 e. The van der Waals surface area contributed by atoms with Gasteiger partial charge in [-0.2, -0.15) is 0 Å². The molecule has 0 bridgehead atoms. The summed E-state index contributed by atoms with van der Waals surface area (Å²) >= 11 is 1.24. The number of nitrogens with two attached hydrogens (primary N) is 1. The van der Waals surface area contributed by atoms with E-state index in [4.69, 9.17) is 19.9 Å². The molecule has 0 radical (unpaired) electrons. The van der Waals surface area contributed by atoms with Crippen molar-refractivity contribution in [2.75, 3.05) is 19.8 Å². The largest absolute Gasteiger partial charge is 0.390 e. The number of nitrogens with one attached hydrogen (secondary N) is 3. The quantitative estimate of drug-likeness (QED) is 0.236. The van der Waals surface area contributed by atoms with E-state index in [1.54, 1.807) is 26.4 Å². The number of carbonyl (C=O) groups is 1. The SMILES string of the molecule is CN[C@@H]1[C@H](O)[C@H](NC)C2O[C@]3(O)C(OC2[C@@H]1O)O[C@H](C)C[C@H]3NC(=O)Cc1csc(N)n1. The molecule has 2 saturated heterocycles. The van der Waals surface area contributed by atoms with Crippen LogP contribution in [0.2, 0.25) is 0 Å². The molecule has 8 N–H and O–H groups in total. The molecule has 2 aliphatic heterocycles. The van der Waals surface area contributed by atoms with Crippen LogP contribution >= 0.6 is 11.3 Å². The van der Waals surface area contributed by atoms with Crippen molar-refractivity contribution < 1.29 is 34.3 Å². The van der Waals surface area contributed by atoms with Crippen molar-refractivity contribution >= 4 is 22.4 Å². The number of aliphatic hydroxyl groups is 3. The lowest BCUT2D eigenvalue weighted by Crippen LogP contribution is -2.79. The van der Waals surface area contributed by atoms with E-state index in [0.29, 0.717) is 10.8 Å². The molecule has 13 heteroatoms. The van der Waals surface area contributed by atoms with Crippen LogP contribution in [-0.4, -0.2) is 101 Å². The van der Waals surface area contributed by atoms with Crippen LogP contribution in [-0.2, 0) is 25.4 Å². The summed E-state index contributed by atoms with van der Waals surface area (Å²) in [4.78, 5) is 16.8. The van der Waals surface area contributed by atoms with Gasteiger partial charge in [0.2, 0.25) is 18.0 Å². The number of ether oxygens (including phenoxy) is 3. The summed E-state index contributed by atoms with van der Waals surface area (Å²) < 4.78 is 17.9. The molecule has 4 rings (SSSR count). The maximum Gasteiger partial charge on any atom is 0.239 e. The minimum Gasteiger partial charge on any atom is -0.390 e. The third-order valence-corrected chi connectivity index (χ3v) is 7.12. The Hall–Kier alpha value is -1.42. The molecular formula is C19H31N5O7S. The van der Waals surface area contributed by atoms with Crippen molar-refractivity contribution in [1.29, 1.82) is 0 Å². The van der Waals surface area contributed by atoms with Crippen LogP contribution in [0.5, 0.6) is 0 Å². The van der Waals surface area contributed by atoms with Gasteiger partial charge in [0.05, 0.1) is 42.4 Å². The van der Waals surface area contributed by atoms with Crippen LogP contribution in [0.25, 0.3) is 0 Å². The van der Waals surface area contributed by atoms with Gasteiger partial charge in [0.15, 0.2) is 5.13 Å². The van der Waals surface area contributed by atoms with Crippen molar-refractivity contribution in [1.82, 2.24) is 20.9 Å². The van der Waals surface area contributed by atoms with E-state index in [2.05, 4.69) is 20.9 Å². The second-order valence-electron chi connectivity index (χ2n) is 8.53. The number of nitrogen functional groups attached to an aromatic ring is 1. The first kappa shape index (κ1) is 23.7. The van der Waals surface area contributed by atoms with Gasteiger partial charge < -0.3 is 51.2 Å². The summed E-state index contributed by atoms with van der Waals surface area (Å²) in [6, 6.07) is -2.18. The molecule has 1 aromatic rings. The number of aliphatic hydroxyl groups excluding tert-OH is 2. The third-order valence-electron chi connectivity index (χ3n) is 6.40. The highest BCUT2D eigenvalue weighted by Gasteiger charge is 2.63. The van der Waals surface area contributed by atoms with E-state index in [1.807, 2.05) is 0 Å². The second kappa shape index (κ2) is 9.08. The first-order valence-electron chi connectivity index (χ1n) is 10.6. The Labute approximate surface area is 189 Å². The van der Waals surface area contributed by atoms with Crippen molar-refractivity contribution in [3.8, 4) is 0 Å². The standard InChI is InChI=1S/C19H31N5O7S/c1-7-4-9(24-10(25)5-8-6-32-18(20)23-8)19(28)17(29-7)30-16-14(27)11(21-2)13(26)12(22-3)15(16)31-19/h6-7,9,11-17,21-22,26-28H,4-5H2,1-3H3,(H2,20,23)(H,24,25)/t7-,9-,11-,12+,13+,14-,15?,16?,17?,19+/m1/s1. The fraction of sp³-hybridized carbons (Fsp3) is 0.789. The molecule has 3 aliphatic rings. The highest BCUT2D eigenvalue weighted by Crippen LogP contribution is 2.42.